The van der Waals surface area contributed by atoms with Crippen LogP contribution in [0.15, 0.2) is 18.2 Å². The van der Waals surface area contributed by atoms with Crippen LogP contribution in [-0.2, 0) is 33.1 Å². The third-order valence-electron chi connectivity index (χ3n) is 5.10. The molecule has 1 aliphatic carbocycles. The number of nitrogens with one attached hydrogen (secondary N) is 1. The van der Waals surface area contributed by atoms with Gasteiger partial charge < -0.3 is 17.9 Å². The van der Waals surface area contributed by atoms with Crippen molar-refractivity contribution in [1.29, 1.82) is 0 Å². The molecule has 0 bridgehead atoms. The third kappa shape index (κ3) is 9.63. The summed E-state index contributed by atoms with van der Waals surface area (Å²) in [4.78, 5) is 0. The fraction of sp³-hybridized carbons (Fsp3) is 0.650. The SMILES string of the molecule is C[Si](C)(C)c1cc(CS(=O)(=O)[N-]C2CCCCC2[NH-])cc([Si](C)(C)C)c1.[CH3-].[Cl][Ru+3]. The molecular formula is C20H37ClN2O2RuSSi2. The van der Waals surface area contributed by atoms with E-state index in [0.29, 0.717) is 0 Å². The first-order valence-corrected chi connectivity index (χ1v) is 20.6. The van der Waals surface area contributed by atoms with Gasteiger partial charge in [-0.3, -0.25) is 0 Å². The number of hydrogen-bond donors (Lipinski definition) is 0. The van der Waals surface area contributed by atoms with E-state index >= 15 is 0 Å². The van der Waals surface area contributed by atoms with Gasteiger partial charge >= 0.3 is 27.0 Å². The first-order valence-electron chi connectivity index (χ1n) is 9.72. The van der Waals surface area contributed by atoms with E-state index in [1.165, 1.54) is 10.4 Å². The normalized spacial score (nSPS) is 20.3. The summed E-state index contributed by atoms with van der Waals surface area (Å²) in [7, 11) is -2.06. The molecule has 2 atom stereocenters. The van der Waals surface area contributed by atoms with Crippen molar-refractivity contribution >= 4 is 46.2 Å². The average Bonchev–Trinajstić information content (AvgIpc) is 2.56. The maximum absolute atomic E-state index is 12.7. The topological polar surface area (TPSA) is 72.0 Å². The van der Waals surface area contributed by atoms with Crippen LogP contribution in [0.25, 0.3) is 10.5 Å². The van der Waals surface area contributed by atoms with Crippen molar-refractivity contribution in [3.05, 3.63) is 41.6 Å². The molecule has 168 valence electrons. The molecule has 29 heavy (non-hydrogen) atoms. The molecule has 0 radical (unpaired) electrons. The van der Waals surface area contributed by atoms with Crippen molar-refractivity contribution in [3.63, 3.8) is 0 Å². The summed E-state index contributed by atoms with van der Waals surface area (Å²) < 4.78 is 29.6. The zero-order chi connectivity index (χ0) is 21.8. The number of rotatable bonds is 6. The van der Waals surface area contributed by atoms with Crippen molar-refractivity contribution in [2.24, 2.45) is 0 Å². The average molecular weight is 562 g/mol. The number of sulfonamides is 1. The van der Waals surface area contributed by atoms with E-state index in [4.69, 9.17) is 5.73 Å². The Hall–Kier alpha value is 0.437. The molecule has 1 N–H and O–H groups in total. The Morgan fingerprint density at radius 3 is 1.86 bits per heavy atom. The summed E-state index contributed by atoms with van der Waals surface area (Å²) in [6.07, 6.45) is 3.47. The van der Waals surface area contributed by atoms with Crippen LogP contribution in [0.4, 0.5) is 0 Å². The second-order valence-corrected chi connectivity index (χ2v) is 21.5. The van der Waals surface area contributed by atoms with Gasteiger partial charge in [0, 0.05) is 0 Å². The molecular weight excluding hydrogens is 525 g/mol. The van der Waals surface area contributed by atoms with Gasteiger partial charge in [-0.2, -0.15) is 6.04 Å². The van der Waals surface area contributed by atoms with Crippen molar-refractivity contribution in [3.8, 4) is 0 Å². The third-order valence-corrected chi connectivity index (χ3v) is 10.4. The van der Waals surface area contributed by atoms with Gasteiger partial charge in [-0.05, 0) is 5.56 Å². The minimum atomic E-state index is -3.56. The molecule has 1 saturated carbocycles. The zero-order valence-electron chi connectivity index (χ0n) is 18.8. The second kappa shape index (κ2) is 11.9. The van der Waals surface area contributed by atoms with Crippen molar-refractivity contribution in [2.75, 3.05) is 0 Å². The van der Waals surface area contributed by atoms with E-state index in [1.807, 2.05) is 17.3 Å². The molecule has 0 amide bonds. The molecule has 2 unspecified atom stereocenters. The molecule has 0 heterocycles. The van der Waals surface area contributed by atoms with Crippen molar-refractivity contribution < 1.29 is 25.7 Å². The predicted octanol–water partition coefficient (Wildman–Crippen LogP) is 5.48. The Balaban J connectivity index is 0.00000253. The Labute approximate surface area is 195 Å². The van der Waals surface area contributed by atoms with Gasteiger partial charge in [-0.15, -0.1) is 6.04 Å². The molecule has 0 saturated heterocycles. The van der Waals surface area contributed by atoms with Crippen molar-refractivity contribution in [1.82, 2.24) is 0 Å². The van der Waals surface area contributed by atoms with Crippen LogP contribution in [0, 0.1) is 7.43 Å². The van der Waals surface area contributed by atoms with Gasteiger partial charge in [-0.25, -0.2) is 8.42 Å². The predicted molar refractivity (Wildman–Crippen MR) is 131 cm³/mol. The zero-order valence-corrected chi connectivity index (χ0v) is 24.1. The summed E-state index contributed by atoms with van der Waals surface area (Å²) >= 11 is 1.82. The molecule has 0 spiro atoms. The van der Waals surface area contributed by atoms with Crippen molar-refractivity contribution in [2.45, 2.75) is 82.8 Å². The van der Waals surface area contributed by atoms with Crippen LogP contribution < -0.4 is 10.4 Å². The summed E-state index contributed by atoms with van der Waals surface area (Å²) in [6, 6.07) is 5.76. The summed E-state index contributed by atoms with van der Waals surface area (Å²) in [5.41, 5.74) is 8.94. The van der Waals surface area contributed by atoms with E-state index in [0.717, 1.165) is 31.2 Å². The van der Waals surface area contributed by atoms with E-state index in [2.05, 4.69) is 71.9 Å². The Morgan fingerprint density at radius 1 is 1.00 bits per heavy atom. The van der Waals surface area contributed by atoms with Crippen LogP contribution in [0.5, 0.6) is 0 Å². The Morgan fingerprint density at radius 2 is 1.45 bits per heavy atom. The van der Waals surface area contributed by atoms with Crippen LogP contribution in [-0.4, -0.2) is 36.6 Å². The molecule has 1 fully saturated rings. The molecule has 1 aliphatic rings. The number of nitrogens with zero attached hydrogens (tertiary/aromatic N) is 1. The number of hydrogen-bond acceptors (Lipinski definition) is 2. The molecule has 2 rings (SSSR count). The fourth-order valence-electron chi connectivity index (χ4n) is 3.33. The van der Waals surface area contributed by atoms with Gasteiger partial charge in [0.15, 0.2) is 0 Å². The molecule has 0 aromatic heterocycles. The standard InChI is InChI=1S/C19H34N2O2SSi2.CH3.ClH.Ru/c1-25(2,3)16-11-15(12-17(13-16)26(4,5)6)14-24(22,23)21-19-10-8-7-9-18(19)20;;;/h11-13,18-20H,7-10,14H2,1-6H3;1H3;1H;/q-2;-1;;+4/p-1. The summed E-state index contributed by atoms with van der Waals surface area (Å²) in [5.74, 6) is -0.0357. The summed E-state index contributed by atoms with van der Waals surface area (Å²) in [6.45, 7) is 13.8. The number of benzene rings is 1. The quantitative estimate of drug-likeness (QED) is 0.341. The van der Waals surface area contributed by atoms with Crippen LogP contribution in [0.2, 0.25) is 39.3 Å². The van der Waals surface area contributed by atoms with E-state index in [9.17, 15) is 8.42 Å². The van der Waals surface area contributed by atoms with Crippen LogP contribution in [0.1, 0.15) is 31.2 Å². The molecule has 1 aromatic carbocycles. The first kappa shape index (κ1) is 29.4. The first-order chi connectivity index (χ1) is 12.8. The van der Waals surface area contributed by atoms with Gasteiger partial charge in [0.2, 0.25) is 0 Å². The van der Waals surface area contributed by atoms with Gasteiger partial charge in [0.05, 0.1) is 31.9 Å². The van der Waals surface area contributed by atoms with Gasteiger partial charge in [-0.1, -0.05) is 93.5 Å². The van der Waals surface area contributed by atoms with Gasteiger partial charge in [0.25, 0.3) is 0 Å². The van der Waals surface area contributed by atoms with E-state index in [-0.39, 0.29) is 25.3 Å². The molecule has 9 heteroatoms. The monoisotopic (exact) mass is 562 g/mol. The molecule has 4 nitrogen and oxygen atoms in total. The van der Waals surface area contributed by atoms with Crippen LogP contribution in [0.3, 0.4) is 0 Å². The Bertz CT molecular complexity index is 718. The fourth-order valence-corrected chi connectivity index (χ4v) is 7.22. The Kier molecular flexibility index (Phi) is 12.1. The van der Waals surface area contributed by atoms with E-state index in [1.54, 1.807) is 0 Å². The summed E-state index contributed by atoms with van der Waals surface area (Å²) in [5, 5.41) is 2.64. The maximum atomic E-state index is 12.7. The van der Waals surface area contributed by atoms with Gasteiger partial charge in [0.1, 0.15) is 0 Å². The molecule has 1 aromatic rings. The van der Waals surface area contributed by atoms with Crippen LogP contribution >= 0.6 is 9.69 Å². The minimum absolute atomic E-state index is 0. The second-order valence-electron chi connectivity index (χ2n) is 9.71. The number of halogens is 1. The molecule has 0 aliphatic heterocycles. The van der Waals surface area contributed by atoms with E-state index < -0.39 is 26.2 Å².